The predicted molar refractivity (Wildman–Crippen MR) is 73.1 cm³/mol. The highest BCUT2D eigenvalue weighted by Crippen LogP contribution is 2.11. The minimum absolute atomic E-state index is 0.133. The fourth-order valence-corrected chi connectivity index (χ4v) is 1.99. The lowest BCUT2D eigenvalue weighted by atomic mass is 9.76. The zero-order chi connectivity index (χ0) is 13.7. The third kappa shape index (κ3) is 3.84. The van der Waals surface area contributed by atoms with Crippen LogP contribution in [0.4, 0.5) is 4.79 Å². The molecule has 1 aliphatic heterocycles. The van der Waals surface area contributed by atoms with E-state index < -0.39 is 7.12 Å². The number of rotatable bonds is 3. The van der Waals surface area contributed by atoms with Gasteiger partial charge in [-0.3, -0.25) is 0 Å². The van der Waals surface area contributed by atoms with Crippen molar-refractivity contribution in [2.75, 3.05) is 13.1 Å². The minimum atomic E-state index is -1.41. The summed E-state index contributed by atoms with van der Waals surface area (Å²) < 4.78 is 0. The summed E-state index contributed by atoms with van der Waals surface area (Å²) >= 11 is 0. The average Bonchev–Trinajstić information content (AvgIpc) is 2.46. The first-order valence-corrected chi connectivity index (χ1v) is 6.28. The molecule has 0 aromatic heterocycles. The van der Waals surface area contributed by atoms with Crippen LogP contribution < -0.4 is 5.32 Å². The van der Waals surface area contributed by atoms with E-state index in [0.29, 0.717) is 31.5 Å². The Labute approximate surface area is 112 Å². The lowest BCUT2D eigenvalue weighted by Crippen LogP contribution is -2.43. The van der Waals surface area contributed by atoms with Gasteiger partial charge >= 0.3 is 13.1 Å². The monoisotopic (exact) mass is 260 g/mol. The molecule has 0 unspecified atom stereocenters. The third-order valence-electron chi connectivity index (χ3n) is 3.15. The van der Waals surface area contributed by atoms with Crippen molar-refractivity contribution in [1.82, 2.24) is 10.2 Å². The molecule has 0 atom stereocenters. The zero-order valence-electron chi connectivity index (χ0n) is 10.6. The summed E-state index contributed by atoms with van der Waals surface area (Å²) in [6, 6.07) is 9.57. The molecule has 19 heavy (non-hydrogen) atoms. The van der Waals surface area contributed by atoms with Crippen LogP contribution in [0.2, 0.25) is 0 Å². The van der Waals surface area contributed by atoms with Crippen molar-refractivity contribution >= 4 is 13.1 Å². The summed E-state index contributed by atoms with van der Waals surface area (Å²) in [6.45, 7) is 1.41. The molecule has 2 amide bonds. The fourth-order valence-electron chi connectivity index (χ4n) is 1.99. The van der Waals surface area contributed by atoms with Gasteiger partial charge in [-0.15, -0.1) is 0 Å². The predicted octanol–water partition coefficient (Wildman–Crippen LogP) is 0.540. The molecule has 1 heterocycles. The molecule has 5 nitrogen and oxygen atoms in total. The van der Waals surface area contributed by atoms with E-state index in [0.717, 1.165) is 5.56 Å². The second kappa shape index (κ2) is 6.40. The van der Waals surface area contributed by atoms with Crippen molar-refractivity contribution in [3.8, 4) is 0 Å². The molecule has 1 aliphatic rings. The zero-order valence-corrected chi connectivity index (χ0v) is 10.6. The molecule has 0 bridgehead atoms. The first kappa shape index (κ1) is 13.6. The first-order valence-electron chi connectivity index (χ1n) is 6.28. The van der Waals surface area contributed by atoms with E-state index in [9.17, 15) is 4.79 Å². The van der Waals surface area contributed by atoms with Gasteiger partial charge in [0.1, 0.15) is 0 Å². The molecule has 2 rings (SSSR count). The van der Waals surface area contributed by atoms with E-state index >= 15 is 0 Å². The van der Waals surface area contributed by atoms with Crippen molar-refractivity contribution in [3.05, 3.63) is 47.4 Å². The molecule has 1 aromatic carbocycles. The van der Waals surface area contributed by atoms with E-state index in [1.165, 1.54) is 0 Å². The lowest BCUT2D eigenvalue weighted by Gasteiger charge is -2.26. The van der Waals surface area contributed by atoms with Crippen LogP contribution in [0.5, 0.6) is 0 Å². The fraction of sp³-hybridized carbons (Fsp3) is 0.308. The standard InChI is InChI=1S/C13H17BN2O3/c17-13(15-10-11-4-2-1-3-5-11)16-8-6-12(7-9-16)14(18)19/h1-6,18-19H,7-10H2,(H,15,17). The summed E-state index contributed by atoms with van der Waals surface area (Å²) in [7, 11) is -1.41. The summed E-state index contributed by atoms with van der Waals surface area (Å²) in [5, 5.41) is 20.9. The minimum Gasteiger partial charge on any atom is -0.423 e. The average molecular weight is 260 g/mol. The molecule has 0 saturated heterocycles. The summed E-state index contributed by atoms with van der Waals surface area (Å²) in [5.74, 6) is 0. The van der Waals surface area contributed by atoms with Gasteiger partial charge in [0.15, 0.2) is 0 Å². The Kier molecular flexibility index (Phi) is 4.60. The number of urea groups is 1. The topological polar surface area (TPSA) is 72.8 Å². The number of carbonyl (C=O) groups is 1. The quantitative estimate of drug-likeness (QED) is 0.694. The second-order valence-electron chi connectivity index (χ2n) is 4.49. The van der Waals surface area contributed by atoms with Crippen LogP contribution in [-0.4, -0.2) is 41.2 Å². The summed E-state index contributed by atoms with van der Waals surface area (Å²) in [4.78, 5) is 13.6. The van der Waals surface area contributed by atoms with Gasteiger partial charge in [0.25, 0.3) is 0 Å². The second-order valence-corrected chi connectivity index (χ2v) is 4.49. The number of amides is 2. The Morgan fingerprint density at radius 1 is 1.32 bits per heavy atom. The Bertz CT molecular complexity index is 462. The van der Waals surface area contributed by atoms with Gasteiger partial charge in [0.05, 0.1) is 0 Å². The summed E-state index contributed by atoms with van der Waals surface area (Å²) in [6.07, 6.45) is 2.19. The maximum atomic E-state index is 11.9. The molecular formula is C13H17BN2O3. The van der Waals surface area contributed by atoms with Crippen molar-refractivity contribution in [2.24, 2.45) is 0 Å². The van der Waals surface area contributed by atoms with E-state index in [1.54, 1.807) is 11.0 Å². The molecule has 1 aromatic rings. The van der Waals surface area contributed by atoms with Gasteiger partial charge in [0.2, 0.25) is 0 Å². The SMILES string of the molecule is O=C(NCc1ccccc1)N1CC=C(B(O)O)CC1. The van der Waals surface area contributed by atoms with E-state index in [4.69, 9.17) is 10.0 Å². The number of hydrogen-bond donors (Lipinski definition) is 3. The van der Waals surface area contributed by atoms with Gasteiger partial charge < -0.3 is 20.3 Å². The van der Waals surface area contributed by atoms with Gasteiger partial charge in [-0.1, -0.05) is 36.4 Å². The molecule has 0 aliphatic carbocycles. The number of nitrogens with zero attached hydrogens (tertiary/aromatic N) is 1. The highest BCUT2D eigenvalue weighted by Gasteiger charge is 2.22. The van der Waals surface area contributed by atoms with Crippen molar-refractivity contribution in [2.45, 2.75) is 13.0 Å². The highest BCUT2D eigenvalue weighted by molar-refractivity contribution is 6.50. The third-order valence-corrected chi connectivity index (χ3v) is 3.15. The van der Waals surface area contributed by atoms with Crippen LogP contribution in [-0.2, 0) is 6.54 Å². The molecule has 0 fully saturated rings. The number of hydrogen-bond acceptors (Lipinski definition) is 3. The van der Waals surface area contributed by atoms with Crippen LogP contribution in [0.25, 0.3) is 0 Å². The molecular weight excluding hydrogens is 243 g/mol. The normalized spacial score (nSPS) is 14.8. The van der Waals surface area contributed by atoms with Crippen LogP contribution in [0.15, 0.2) is 41.9 Å². The Morgan fingerprint density at radius 2 is 2.05 bits per heavy atom. The number of carbonyl (C=O) groups excluding carboxylic acids is 1. The maximum Gasteiger partial charge on any atom is 0.483 e. The van der Waals surface area contributed by atoms with Crippen molar-refractivity contribution in [3.63, 3.8) is 0 Å². The smallest absolute Gasteiger partial charge is 0.423 e. The molecule has 6 heteroatoms. The van der Waals surface area contributed by atoms with Gasteiger partial charge in [-0.05, 0) is 17.5 Å². The van der Waals surface area contributed by atoms with Crippen LogP contribution in [0.1, 0.15) is 12.0 Å². The Balaban J connectivity index is 1.82. The van der Waals surface area contributed by atoms with Crippen LogP contribution in [0.3, 0.4) is 0 Å². The van der Waals surface area contributed by atoms with E-state index in [2.05, 4.69) is 5.32 Å². The largest absolute Gasteiger partial charge is 0.483 e. The first-order chi connectivity index (χ1) is 9.16. The van der Waals surface area contributed by atoms with Gasteiger partial charge in [-0.25, -0.2) is 4.79 Å². The Morgan fingerprint density at radius 3 is 2.63 bits per heavy atom. The number of benzene rings is 1. The van der Waals surface area contributed by atoms with Crippen molar-refractivity contribution in [1.29, 1.82) is 0 Å². The summed E-state index contributed by atoms with van der Waals surface area (Å²) in [5.41, 5.74) is 1.63. The molecule has 0 saturated carbocycles. The molecule has 0 radical (unpaired) electrons. The van der Waals surface area contributed by atoms with Crippen molar-refractivity contribution < 1.29 is 14.8 Å². The molecule has 100 valence electrons. The number of nitrogens with one attached hydrogen (secondary N) is 1. The van der Waals surface area contributed by atoms with E-state index in [-0.39, 0.29) is 6.03 Å². The van der Waals surface area contributed by atoms with E-state index in [1.807, 2.05) is 30.3 Å². The van der Waals surface area contributed by atoms with Crippen LogP contribution >= 0.6 is 0 Å². The maximum absolute atomic E-state index is 11.9. The molecule has 0 spiro atoms. The Hall–Kier alpha value is -1.79. The highest BCUT2D eigenvalue weighted by atomic mass is 16.4. The van der Waals surface area contributed by atoms with Gasteiger partial charge in [-0.2, -0.15) is 0 Å². The van der Waals surface area contributed by atoms with Gasteiger partial charge in [0, 0.05) is 19.6 Å². The van der Waals surface area contributed by atoms with Crippen LogP contribution in [0, 0.1) is 0 Å². The molecule has 3 N–H and O–H groups in total. The lowest BCUT2D eigenvalue weighted by molar-refractivity contribution is 0.201.